The van der Waals surface area contributed by atoms with E-state index >= 15 is 0 Å². The third kappa shape index (κ3) is 2.68. The molecule has 4 aliphatic carbocycles. The van der Waals surface area contributed by atoms with Gasteiger partial charge in [0.05, 0.1) is 0 Å². The minimum absolute atomic E-state index is 0.0154. The molecule has 0 atom stereocenters. The Labute approximate surface area is 133 Å². The van der Waals surface area contributed by atoms with Crippen molar-refractivity contribution in [2.75, 3.05) is 6.54 Å². The molecule has 1 amide bonds. The summed E-state index contributed by atoms with van der Waals surface area (Å²) in [5, 5.41) is 3.27. The third-order valence-electron chi connectivity index (χ3n) is 6.29. The monoisotopic (exact) mass is 297 g/mol. The smallest absolute Gasteiger partial charge is 0.226 e. The predicted octanol–water partition coefficient (Wildman–Crippen LogP) is 3.95. The largest absolute Gasteiger partial charge is 0.356 e. The van der Waals surface area contributed by atoms with E-state index in [4.69, 9.17) is 0 Å². The first kappa shape index (κ1) is 14.3. The lowest BCUT2D eigenvalue weighted by molar-refractivity contribution is -0.146. The first-order valence-corrected chi connectivity index (χ1v) is 9.06. The van der Waals surface area contributed by atoms with Crippen LogP contribution in [0.1, 0.15) is 50.5 Å². The molecule has 4 fully saturated rings. The molecule has 4 bridgehead atoms. The number of benzene rings is 1. The number of carbonyl (C=O) groups excluding carboxylic acids is 1. The number of nitrogens with one attached hydrogen (secondary N) is 1. The fraction of sp³-hybridized carbons (Fsp3) is 0.650. The van der Waals surface area contributed by atoms with Crippen LogP contribution in [0.3, 0.4) is 0 Å². The van der Waals surface area contributed by atoms with Gasteiger partial charge in [-0.3, -0.25) is 4.79 Å². The van der Waals surface area contributed by atoms with Gasteiger partial charge < -0.3 is 5.32 Å². The summed E-state index contributed by atoms with van der Waals surface area (Å²) < 4.78 is 0. The van der Waals surface area contributed by atoms with Crippen molar-refractivity contribution in [1.82, 2.24) is 5.32 Å². The molecule has 5 rings (SSSR count). The molecule has 2 heteroatoms. The van der Waals surface area contributed by atoms with E-state index in [1.54, 1.807) is 0 Å². The standard InChI is InChI=1S/C20H27NO/c22-19(21-8-4-7-15-5-2-1-3-6-15)20-12-16-9-17(13-20)11-18(10-16)14-20/h1-3,5-6,16-18H,4,7-14H2,(H,21,22). The summed E-state index contributed by atoms with van der Waals surface area (Å²) >= 11 is 0. The van der Waals surface area contributed by atoms with Gasteiger partial charge in [0, 0.05) is 12.0 Å². The zero-order valence-electron chi connectivity index (χ0n) is 13.4. The van der Waals surface area contributed by atoms with Gasteiger partial charge in [-0.25, -0.2) is 0 Å². The minimum Gasteiger partial charge on any atom is -0.356 e. The summed E-state index contributed by atoms with van der Waals surface area (Å²) in [5.41, 5.74) is 1.38. The second-order valence-corrected chi connectivity index (χ2v) is 8.04. The number of aryl methyl sites for hydroxylation is 1. The van der Waals surface area contributed by atoms with Crippen LogP contribution in [-0.4, -0.2) is 12.5 Å². The Hall–Kier alpha value is -1.31. The average molecular weight is 297 g/mol. The maximum absolute atomic E-state index is 12.8. The molecule has 1 aromatic carbocycles. The van der Waals surface area contributed by atoms with Crippen LogP contribution in [0.15, 0.2) is 30.3 Å². The first-order chi connectivity index (χ1) is 10.7. The normalized spacial score (nSPS) is 35.5. The molecule has 4 aliphatic rings. The molecule has 0 aromatic heterocycles. The Morgan fingerprint density at radius 2 is 1.59 bits per heavy atom. The summed E-state index contributed by atoms with van der Waals surface area (Å²) in [6.07, 6.45) is 9.82. The van der Waals surface area contributed by atoms with E-state index < -0.39 is 0 Å². The highest BCUT2D eigenvalue weighted by molar-refractivity contribution is 5.83. The minimum atomic E-state index is 0.0154. The SMILES string of the molecule is O=C(NCCCc1ccccc1)C12CC3CC(CC(C3)C1)C2. The fourth-order valence-corrected chi connectivity index (χ4v) is 5.72. The molecule has 0 radical (unpaired) electrons. The Morgan fingerprint density at radius 1 is 1.00 bits per heavy atom. The molecule has 4 saturated carbocycles. The van der Waals surface area contributed by atoms with Crippen LogP contribution in [0.2, 0.25) is 0 Å². The average Bonchev–Trinajstić information content (AvgIpc) is 2.51. The maximum atomic E-state index is 12.8. The van der Waals surface area contributed by atoms with Gasteiger partial charge in [-0.2, -0.15) is 0 Å². The predicted molar refractivity (Wildman–Crippen MR) is 88.4 cm³/mol. The van der Waals surface area contributed by atoms with Crippen LogP contribution < -0.4 is 5.32 Å². The first-order valence-electron chi connectivity index (χ1n) is 9.06. The van der Waals surface area contributed by atoms with E-state index in [-0.39, 0.29) is 5.41 Å². The van der Waals surface area contributed by atoms with Crippen LogP contribution in [0.4, 0.5) is 0 Å². The summed E-state index contributed by atoms with van der Waals surface area (Å²) in [6, 6.07) is 10.6. The Balaban J connectivity index is 1.29. The van der Waals surface area contributed by atoms with Gasteiger partial charge in [0.25, 0.3) is 0 Å². The lowest BCUT2D eigenvalue weighted by atomic mass is 9.49. The van der Waals surface area contributed by atoms with Crippen LogP contribution in [-0.2, 0) is 11.2 Å². The molecule has 118 valence electrons. The van der Waals surface area contributed by atoms with Crippen LogP contribution in [0, 0.1) is 23.2 Å². The Bertz CT molecular complexity index is 501. The van der Waals surface area contributed by atoms with Gasteiger partial charge in [-0.1, -0.05) is 30.3 Å². The van der Waals surface area contributed by atoms with Crippen LogP contribution in [0.25, 0.3) is 0 Å². The van der Waals surface area contributed by atoms with Crippen molar-refractivity contribution < 1.29 is 4.79 Å². The molecular weight excluding hydrogens is 270 g/mol. The van der Waals surface area contributed by atoms with Crippen molar-refractivity contribution in [3.63, 3.8) is 0 Å². The van der Waals surface area contributed by atoms with Crippen LogP contribution >= 0.6 is 0 Å². The Kier molecular flexibility index (Phi) is 3.71. The molecule has 0 spiro atoms. The maximum Gasteiger partial charge on any atom is 0.226 e. The number of carbonyl (C=O) groups is 1. The molecule has 22 heavy (non-hydrogen) atoms. The van der Waals surface area contributed by atoms with Gasteiger partial charge in [0.15, 0.2) is 0 Å². The third-order valence-corrected chi connectivity index (χ3v) is 6.29. The molecule has 0 unspecified atom stereocenters. The van der Waals surface area contributed by atoms with Gasteiger partial charge in [-0.05, 0) is 74.7 Å². The molecule has 1 aromatic rings. The van der Waals surface area contributed by atoms with Gasteiger partial charge in [0.1, 0.15) is 0 Å². The summed E-state index contributed by atoms with van der Waals surface area (Å²) in [7, 11) is 0. The second-order valence-electron chi connectivity index (χ2n) is 8.04. The topological polar surface area (TPSA) is 29.1 Å². The lowest BCUT2D eigenvalue weighted by Crippen LogP contribution is -2.53. The van der Waals surface area contributed by atoms with E-state index in [1.165, 1.54) is 44.1 Å². The second kappa shape index (κ2) is 5.72. The fourth-order valence-electron chi connectivity index (χ4n) is 5.72. The Morgan fingerprint density at radius 3 is 2.18 bits per heavy atom. The number of amides is 1. The van der Waals surface area contributed by atoms with Crippen molar-refractivity contribution >= 4 is 5.91 Å². The van der Waals surface area contributed by atoms with E-state index in [0.717, 1.165) is 37.1 Å². The van der Waals surface area contributed by atoms with Crippen molar-refractivity contribution in [2.24, 2.45) is 23.2 Å². The van der Waals surface area contributed by atoms with Crippen molar-refractivity contribution in [2.45, 2.75) is 51.4 Å². The van der Waals surface area contributed by atoms with Crippen molar-refractivity contribution in [1.29, 1.82) is 0 Å². The quantitative estimate of drug-likeness (QED) is 0.819. The number of hydrogen-bond donors (Lipinski definition) is 1. The number of hydrogen-bond acceptors (Lipinski definition) is 1. The number of rotatable bonds is 5. The highest BCUT2D eigenvalue weighted by Gasteiger charge is 2.54. The molecule has 0 saturated heterocycles. The zero-order valence-corrected chi connectivity index (χ0v) is 13.4. The molecular formula is C20H27NO. The van der Waals surface area contributed by atoms with E-state index in [2.05, 4.69) is 35.6 Å². The van der Waals surface area contributed by atoms with E-state index in [0.29, 0.717) is 5.91 Å². The van der Waals surface area contributed by atoms with Gasteiger partial charge in [-0.15, -0.1) is 0 Å². The zero-order chi connectivity index (χ0) is 15.0. The summed E-state index contributed by atoms with van der Waals surface area (Å²) in [6.45, 7) is 0.829. The van der Waals surface area contributed by atoms with Crippen molar-refractivity contribution in [3.05, 3.63) is 35.9 Å². The van der Waals surface area contributed by atoms with Gasteiger partial charge in [0.2, 0.25) is 5.91 Å². The summed E-state index contributed by atoms with van der Waals surface area (Å²) in [5.74, 6) is 2.92. The van der Waals surface area contributed by atoms with Crippen LogP contribution in [0.5, 0.6) is 0 Å². The summed E-state index contributed by atoms with van der Waals surface area (Å²) in [4.78, 5) is 12.8. The lowest BCUT2D eigenvalue weighted by Gasteiger charge is -2.55. The highest BCUT2D eigenvalue weighted by atomic mass is 16.2. The van der Waals surface area contributed by atoms with Gasteiger partial charge >= 0.3 is 0 Å². The van der Waals surface area contributed by atoms with E-state index in [9.17, 15) is 4.79 Å². The highest BCUT2D eigenvalue weighted by Crippen LogP contribution is 2.60. The van der Waals surface area contributed by atoms with Crippen molar-refractivity contribution in [3.8, 4) is 0 Å². The van der Waals surface area contributed by atoms with E-state index in [1.807, 2.05) is 0 Å². The molecule has 0 heterocycles. The molecule has 1 N–H and O–H groups in total. The molecule has 2 nitrogen and oxygen atoms in total. The molecule has 0 aliphatic heterocycles.